The first kappa shape index (κ1) is 13.1. The summed E-state index contributed by atoms with van der Waals surface area (Å²) >= 11 is 0. The summed E-state index contributed by atoms with van der Waals surface area (Å²) in [6, 6.07) is 9.47. The van der Waals surface area contributed by atoms with Crippen molar-refractivity contribution in [1.29, 1.82) is 0 Å². The number of hydrogen-bond donors (Lipinski definition) is 2. The predicted molar refractivity (Wildman–Crippen MR) is 68.2 cm³/mol. The zero-order valence-electron chi connectivity index (χ0n) is 10.6. The number of nitrogens with one attached hydrogen (secondary N) is 1. The van der Waals surface area contributed by atoms with Crippen molar-refractivity contribution in [2.75, 3.05) is 20.3 Å². The number of amides is 1. The van der Waals surface area contributed by atoms with Crippen molar-refractivity contribution in [3.8, 4) is 0 Å². The van der Waals surface area contributed by atoms with Crippen LogP contribution in [0.2, 0.25) is 0 Å². The van der Waals surface area contributed by atoms with Crippen molar-refractivity contribution in [2.24, 2.45) is 0 Å². The lowest BCUT2D eigenvalue weighted by Gasteiger charge is -2.20. The number of carbonyl (C=O) groups excluding carboxylic acids is 1. The molecule has 0 aromatic heterocycles. The van der Waals surface area contributed by atoms with E-state index < -0.39 is 0 Å². The van der Waals surface area contributed by atoms with Gasteiger partial charge in [-0.15, -0.1) is 0 Å². The Bertz CT molecular complexity index is 401. The molecule has 98 valence electrons. The molecule has 0 radical (unpaired) electrons. The third-order valence-electron chi connectivity index (χ3n) is 3.43. The fourth-order valence-corrected chi connectivity index (χ4v) is 2.19. The fourth-order valence-electron chi connectivity index (χ4n) is 2.19. The van der Waals surface area contributed by atoms with Gasteiger partial charge in [0, 0.05) is 7.11 Å². The lowest BCUT2D eigenvalue weighted by Crippen LogP contribution is -2.45. The molecule has 0 aliphatic heterocycles. The topological polar surface area (TPSA) is 58.6 Å². The molecule has 0 spiro atoms. The van der Waals surface area contributed by atoms with Crippen LogP contribution >= 0.6 is 0 Å². The predicted octanol–water partition coefficient (Wildman–Crippen LogP) is 0.842. The summed E-state index contributed by atoms with van der Waals surface area (Å²) < 4.78 is 4.96. The molecule has 1 aromatic rings. The molecular formula is C14H19NO3. The Balaban J connectivity index is 2.05. The second kappa shape index (κ2) is 5.50. The van der Waals surface area contributed by atoms with Gasteiger partial charge in [-0.25, -0.2) is 0 Å². The van der Waals surface area contributed by atoms with Crippen LogP contribution in [0, 0.1) is 0 Å². The molecule has 0 bridgehead atoms. The molecule has 1 unspecified atom stereocenters. The number of carbonyl (C=O) groups is 1. The monoisotopic (exact) mass is 249 g/mol. The van der Waals surface area contributed by atoms with Crippen molar-refractivity contribution in [2.45, 2.75) is 24.3 Å². The maximum atomic E-state index is 12.3. The number of ether oxygens (including phenoxy) is 1. The van der Waals surface area contributed by atoms with Crippen molar-refractivity contribution in [1.82, 2.24) is 5.32 Å². The SMILES string of the molecule is COCC(CO)NC(=O)C1(c2ccccc2)CC1. The number of benzene rings is 1. The van der Waals surface area contributed by atoms with Gasteiger partial charge in [0.1, 0.15) is 0 Å². The van der Waals surface area contributed by atoms with Crippen molar-refractivity contribution in [3.63, 3.8) is 0 Å². The van der Waals surface area contributed by atoms with Crippen LogP contribution in [-0.2, 0) is 14.9 Å². The highest BCUT2D eigenvalue weighted by Crippen LogP contribution is 2.48. The van der Waals surface area contributed by atoms with E-state index in [4.69, 9.17) is 9.84 Å². The molecule has 1 aliphatic carbocycles. The third kappa shape index (κ3) is 2.54. The van der Waals surface area contributed by atoms with Gasteiger partial charge in [0.25, 0.3) is 0 Å². The summed E-state index contributed by atoms with van der Waals surface area (Å²) in [4.78, 5) is 12.3. The summed E-state index contributed by atoms with van der Waals surface area (Å²) in [6.45, 7) is 0.220. The number of aliphatic hydroxyl groups is 1. The Hall–Kier alpha value is -1.39. The summed E-state index contributed by atoms with van der Waals surface area (Å²) in [5.74, 6) is -0.00944. The van der Waals surface area contributed by atoms with Crippen LogP contribution in [0.15, 0.2) is 30.3 Å². The van der Waals surface area contributed by atoms with Gasteiger partial charge in [-0.1, -0.05) is 30.3 Å². The minimum absolute atomic E-state index is 0.00944. The van der Waals surface area contributed by atoms with Crippen LogP contribution in [0.4, 0.5) is 0 Å². The third-order valence-corrected chi connectivity index (χ3v) is 3.43. The zero-order valence-corrected chi connectivity index (χ0v) is 10.6. The van der Waals surface area contributed by atoms with E-state index in [2.05, 4.69) is 5.32 Å². The molecule has 1 fully saturated rings. The molecule has 2 rings (SSSR count). The molecule has 0 heterocycles. The van der Waals surface area contributed by atoms with E-state index in [0.717, 1.165) is 18.4 Å². The van der Waals surface area contributed by atoms with Gasteiger partial charge < -0.3 is 15.2 Å². The summed E-state index contributed by atoms with van der Waals surface area (Å²) in [5.41, 5.74) is 0.666. The van der Waals surface area contributed by atoms with Gasteiger partial charge in [-0.2, -0.15) is 0 Å². The molecule has 4 heteroatoms. The zero-order chi connectivity index (χ0) is 13.0. The molecule has 1 atom stereocenters. The van der Waals surface area contributed by atoms with Crippen LogP contribution in [0.25, 0.3) is 0 Å². The highest BCUT2D eigenvalue weighted by molar-refractivity contribution is 5.91. The lowest BCUT2D eigenvalue weighted by molar-refractivity contribution is -0.125. The van der Waals surface area contributed by atoms with E-state index in [1.165, 1.54) is 0 Å². The van der Waals surface area contributed by atoms with Crippen LogP contribution in [0.1, 0.15) is 18.4 Å². The summed E-state index contributed by atoms with van der Waals surface area (Å²) in [5, 5.41) is 12.0. The van der Waals surface area contributed by atoms with Crippen molar-refractivity contribution in [3.05, 3.63) is 35.9 Å². The Morgan fingerprint density at radius 3 is 2.61 bits per heavy atom. The molecule has 1 saturated carbocycles. The highest BCUT2D eigenvalue weighted by Gasteiger charge is 2.51. The quantitative estimate of drug-likeness (QED) is 0.785. The lowest BCUT2D eigenvalue weighted by atomic mass is 9.95. The first-order valence-electron chi connectivity index (χ1n) is 6.19. The van der Waals surface area contributed by atoms with Crippen LogP contribution in [0.3, 0.4) is 0 Å². The van der Waals surface area contributed by atoms with E-state index in [0.29, 0.717) is 6.61 Å². The largest absolute Gasteiger partial charge is 0.394 e. The van der Waals surface area contributed by atoms with Gasteiger partial charge >= 0.3 is 0 Å². The molecule has 18 heavy (non-hydrogen) atoms. The van der Waals surface area contributed by atoms with Crippen LogP contribution < -0.4 is 5.32 Å². The highest BCUT2D eigenvalue weighted by atomic mass is 16.5. The minimum atomic E-state index is -0.386. The number of hydrogen-bond acceptors (Lipinski definition) is 3. The second-order valence-corrected chi connectivity index (χ2v) is 4.76. The van der Waals surface area contributed by atoms with Crippen molar-refractivity contribution >= 4 is 5.91 Å². The van der Waals surface area contributed by atoms with Gasteiger partial charge in [-0.3, -0.25) is 4.79 Å². The number of methoxy groups -OCH3 is 1. The Labute approximate surface area is 107 Å². The Morgan fingerprint density at radius 2 is 2.11 bits per heavy atom. The molecule has 0 saturated heterocycles. The maximum absolute atomic E-state index is 12.3. The smallest absolute Gasteiger partial charge is 0.231 e. The number of aliphatic hydroxyl groups excluding tert-OH is 1. The first-order chi connectivity index (χ1) is 8.73. The normalized spacial score (nSPS) is 18.1. The van der Waals surface area contributed by atoms with E-state index in [1.807, 2.05) is 30.3 Å². The van der Waals surface area contributed by atoms with E-state index in [-0.39, 0.29) is 24.0 Å². The van der Waals surface area contributed by atoms with Crippen LogP contribution in [0.5, 0.6) is 0 Å². The molecular weight excluding hydrogens is 230 g/mol. The van der Waals surface area contributed by atoms with E-state index in [1.54, 1.807) is 7.11 Å². The van der Waals surface area contributed by atoms with Crippen LogP contribution in [-0.4, -0.2) is 37.4 Å². The minimum Gasteiger partial charge on any atom is -0.394 e. The van der Waals surface area contributed by atoms with E-state index in [9.17, 15) is 4.79 Å². The molecule has 2 N–H and O–H groups in total. The van der Waals surface area contributed by atoms with Gasteiger partial charge in [0.15, 0.2) is 0 Å². The average molecular weight is 249 g/mol. The van der Waals surface area contributed by atoms with Gasteiger partial charge in [-0.05, 0) is 18.4 Å². The van der Waals surface area contributed by atoms with Crippen molar-refractivity contribution < 1.29 is 14.6 Å². The molecule has 1 aliphatic rings. The standard InChI is InChI=1S/C14H19NO3/c1-18-10-12(9-16)15-13(17)14(7-8-14)11-5-3-2-4-6-11/h2-6,12,16H,7-10H2,1H3,(H,15,17). The van der Waals surface area contributed by atoms with Gasteiger partial charge in [0.05, 0.1) is 24.7 Å². The molecule has 1 aromatic carbocycles. The summed E-state index contributed by atoms with van der Waals surface area (Å²) in [7, 11) is 1.55. The Kier molecular flexibility index (Phi) is 3.99. The molecule has 1 amide bonds. The van der Waals surface area contributed by atoms with E-state index >= 15 is 0 Å². The first-order valence-corrected chi connectivity index (χ1v) is 6.19. The molecule has 4 nitrogen and oxygen atoms in total. The number of rotatable bonds is 6. The van der Waals surface area contributed by atoms with Gasteiger partial charge in [0.2, 0.25) is 5.91 Å². The average Bonchev–Trinajstić information content (AvgIpc) is 3.20. The summed E-state index contributed by atoms with van der Waals surface area (Å²) in [6.07, 6.45) is 1.74. The fraction of sp³-hybridized carbons (Fsp3) is 0.500. The Morgan fingerprint density at radius 1 is 1.44 bits per heavy atom. The maximum Gasteiger partial charge on any atom is 0.231 e. The second-order valence-electron chi connectivity index (χ2n) is 4.76.